The first-order valence-corrected chi connectivity index (χ1v) is 10.3. The van der Waals surface area contributed by atoms with Crippen LogP contribution in [0.2, 0.25) is 0 Å². The van der Waals surface area contributed by atoms with Crippen molar-refractivity contribution in [1.29, 1.82) is 0 Å². The molecule has 0 radical (unpaired) electrons. The molecule has 0 amide bonds. The van der Waals surface area contributed by atoms with Crippen molar-refractivity contribution in [3.63, 3.8) is 0 Å². The molecule has 1 heterocycles. The van der Waals surface area contributed by atoms with Crippen LogP contribution in [0.25, 0.3) is 0 Å². The second kappa shape index (κ2) is 8.10. The summed E-state index contributed by atoms with van der Waals surface area (Å²) >= 11 is 0. The van der Waals surface area contributed by atoms with Crippen LogP contribution in [0.3, 0.4) is 0 Å². The Morgan fingerprint density at radius 3 is 1.97 bits per heavy atom. The Bertz CT molecular complexity index is 926. The van der Waals surface area contributed by atoms with Gasteiger partial charge in [-0.3, -0.25) is 0 Å². The van der Waals surface area contributed by atoms with Crippen molar-refractivity contribution in [3.05, 3.63) is 107 Å². The van der Waals surface area contributed by atoms with E-state index < -0.39 is 5.60 Å². The summed E-state index contributed by atoms with van der Waals surface area (Å²) in [6.07, 6.45) is 0.537. The van der Waals surface area contributed by atoms with Crippen molar-refractivity contribution < 1.29 is 9.50 Å². The minimum Gasteiger partial charge on any atom is -0.385 e. The fraction of sp³-hybridized carbons (Fsp3) is 0.308. The molecule has 1 aliphatic heterocycles. The molecule has 1 saturated heterocycles. The lowest BCUT2D eigenvalue weighted by Crippen LogP contribution is -2.53. The summed E-state index contributed by atoms with van der Waals surface area (Å²) < 4.78 is 13.6. The second-order valence-corrected chi connectivity index (χ2v) is 8.42. The standard InChI is InChI=1S/C26H28FNO/c1-18(2)24-25(20-11-7-4-8-12-20)28-23(19-9-5-3-6-10-19)17-26(24,29)21-13-15-22(27)16-14-21/h3-16,18,23-25,28-29H,17H2,1-2H3/t23-,24+,25-,26+/m1/s1. The van der Waals surface area contributed by atoms with E-state index in [4.69, 9.17) is 0 Å². The van der Waals surface area contributed by atoms with Gasteiger partial charge in [0.05, 0.1) is 5.60 Å². The van der Waals surface area contributed by atoms with Gasteiger partial charge in [-0.1, -0.05) is 86.6 Å². The van der Waals surface area contributed by atoms with E-state index in [0.717, 1.165) is 16.7 Å². The van der Waals surface area contributed by atoms with E-state index in [9.17, 15) is 9.50 Å². The predicted molar refractivity (Wildman–Crippen MR) is 115 cm³/mol. The predicted octanol–water partition coefficient (Wildman–Crippen LogP) is 5.76. The minimum atomic E-state index is -1.08. The van der Waals surface area contributed by atoms with Crippen molar-refractivity contribution in [1.82, 2.24) is 5.32 Å². The third kappa shape index (κ3) is 3.85. The zero-order chi connectivity index (χ0) is 20.4. The van der Waals surface area contributed by atoms with Gasteiger partial charge in [-0.05, 0) is 34.7 Å². The lowest BCUT2D eigenvalue weighted by atomic mass is 9.64. The molecule has 3 heteroatoms. The average molecular weight is 390 g/mol. The Hall–Kier alpha value is -2.49. The lowest BCUT2D eigenvalue weighted by molar-refractivity contribution is -0.0992. The maximum atomic E-state index is 13.6. The Labute approximate surface area is 172 Å². The van der Waals surface area contributed by atoms with Gasteiger partial charge in [-0.15, -0.1) is 0 Å². The highest BCUT2D eigenvalue weighted by molar-refractivity contribution is 5.32. The smallest absolute Gasteiger partial charge is 0.123 e. The molecule has 0 saturated carbocycles. The quantitative estimate of drug-likeness (QED) is 0.594. The lowest BCUT2D eigenvalue weighted by Gasteiger charge is -2.51. The zero-order valence-electron chi connectivity index (χ0n) is 16.9. The number of piperidine rings is 1. The van der Waals surface area contributed by atoms with Crippen LogP contribution < -0.4 is 5.32 Å². The number of halogens is 1. The number of nitrogens with one attached hydrogen (secondary N) is 1. The van der Waals surface area contributed by atoms with Crippen LogP contribution in [-0.2, 0) is 5.60 Å². The third-order valence-corrected chi connectivity index (χ3v) is 6.23. The van der Waals surface area contributed by atoms with Crippen LogP contribution in [-0.4, -0.2) is 5.11 Å². The van der Waals surface area contributed by atoms with E-state index in [1.807, 2.05) is 36.4 Å². The van der Waals surface area contributed by atoms with Crippen LogP contribution in [0.15, 0.2) is 84.9 Å². The molecule has 3 aromatic rings. The molecule has 0 spiro atoms. The minimum absolute atomic E-state index is 0.00791. The van der Waals surface area contributed by atoms with E-state index in [2.05, 4.69) is 43.4 Å². The number of benzene rings is 3. The molecule has 29 heavy (non-hydrogen) atoms. The summed E-state index contributed by atoms with van der Waals surface area (Å²) in [4.78, 5) is 0. The molecule has 2 nitrogen and oxygen atoms in total. The van der Waals surface area contributed by atoms with Gasteiger partial charge < -0.3 is 10.4 Å². The number of hydrogen-bond donors (Lipinski definition) is 2. The van der Waals surface area contributed by atoms with Gasteiger partial charge >= 0.3 is 0 Å². The fourth-order valence-electron chi connectivity index (χ4n) is 4.95. The van der Waals surface area contributed by atoms with Crippen molar-refractivity contribution in [2.45, 2.75) is 38.0 Å². The summed E-state index contributed by atoms with van der Waals surface area (Å²) in [5.41, 5.74) is 2.01. The van der Waals surface area contributed by atoms with Crippen LogP contribution >= 0.6 is 0 Å². The van der Waals surface area contributed by atoms with Crippen molar-refractivity contribution >= 4 is 0 Å². The van der Waals surface area contributed by atoms with Crippen molar-refractivity contribution in [3.8, 4) is 0 Å². The maximum absolute atomic E-state index is 13.6. The molecule has 3 aromatic carbocycles. The van der Waals surface area contributed by atoms with E-state index in [-0.39, 0.29) is 29.7 Å². The summed E-state index contributed by atoms with van der Waals surface area (Å²) in [6, 6.07) is 26.9. The Morgan fingerprint density at radius 1 is 0.862 bits per heavy atom. The molecule has 150 valence electrons. The molecule has 0 unspecified atom stereocenters. The van der Waals surface area contributed by atoms with Gasteiger partial charge in [-0.2, -0.15) is 0 Å². The van der Waals surface area contributed by atoms with Crippen molar-refractivity contribution in [2.24, 2.45) is 11.8 Å². The van der Waals surface area contributed by atoms with Gasteiger partial charge in [0.25, 0.3) is 0 Å². The van der Waals surface area contributed by atoms with Gasteiger partial charge in [0, 0.05) is 24.4 Å². The highest BCUT2D eigenvalue weighted by Crippen LogP contribution is 2.51. The molecule has 1 fully saturated rings. The topological polar surface area (TPSA) is 32.3 Å². The highest BCUT2D eigenvalue weighted by atomic mass is 19.1. The molecular formula is C26H28FNO. The van der Waals surface area contributed by atoms with E-state index in [1.54, 1.807) is 12.1 Å². The SMILES string of the molecule is CC(C)[C@H]1[C@@H](c2ccccc2)N[C@@H](c2ccccc2)C[C@]1(O)c1ccc(F)cc1. The van der Waals surface area contributed by atoms with E-state index in [1.165, 1.54) is 12.1 Å². The summed E-state index contributed by atoms with van der Waals surface area (Å²) in [5.74, 6) is -0.124. The van der Waals surface area contributed by atoms with Gasteiger partial charge in [-0.25, -0.2) is 4.39 Å². The molecule has 1 aliphatic rings. The first-order chi connectivity index (χ1) is 14.0. The maximum Gasteiger partial charge on any atom is 0.123 e. The molecule has 4 atom stereocenters. The van der Waals surface area contributed by atoms with Crippen LogP contribution in [0, 0.1) is 17.7 Å². The molecule has 2 N–H and O–H groups in total. The zero-order valence-corrected chi connectivity index (χ0v) is 16.9. The Morgan fingerprint density at radius 2 is 1.41 bits per heavy atom. The number of aliphatic hydroxyl groups is 1. The van der Waals surface area contributed by atoms with Crippen LogP contribution in [0.4, 0.5) is 4.39 Å². The normalized spacial score (nSPS) is 27.1. The monoisotopic (exact) mass is 389 g/mol. The first-order valence-electron chi connectivity index (χ1n) is 10.3. The van der Waals surface area contributed by atoms with Crippen LogP contribution in [0.1, 0.15) is 49.0 Å². The van der Waals surface area contributed by atoms with Gasteiger partial charge in [0.1, 0.15) is 5.82 Å². The highest BCUT2D eigenvalue weighted by Gasteiger charge is 2.50. The Kier molecular flexibility index (Phi) is 5.53. The molecule has 4 rings (SSSR count). The number of rotatable bonds is 4. The van der Waals surface area contributed by atoms with Gasteiger partial charge in [0.2, 0.25) is 0 Å². The van der Waals surface area contributed by atoms with E-state index in [0.29, 0.717) is 6.42 Å². The fourth-order valence-corrected chi connectivity index (χ4v) is 4.95. The molecule has 0 aliphatic carbocycles. The average Bonchev–Trinajstić information content (AvgIpc) is 2.74. The summed E-state index contributed by atoms with van der Waals surface area (Å²) in [7, 11) is 0. The van der Waals surface area contributed by atoms with Crippen molar-refractivity contribution in [2.75, 3.05) is 0 Å². The summed E-state index contributed by atoms with van der Waals surface area (Å²) in [5, 5.41) is 16.0. The third-order valence-electron chi connectivity index (χ3n) is 6.23. The van der Waals surface area contributed by atoms with Gasteiger partial charge in [0.15, 0.2) is 0 Å². The molecule has 0 bridgehead atoms. The Balaban J connectivity index is 1.84. The largest absolute Gasteiger partial charge is 0.385 e. The molecule has 0 aromatic heterocycles. The number of hydrogen-bond acceptors (Lipinski definition) is 2. The molecular weight excluding hydrogens is 361 g/mol. The summed E-state index contributed by atoms with van der Waals surface area (Å²) in [6.45, 7) is 4.30. The second-order valence-electron chi connectivity index (χ2n) is 8.42. The van der Waals surface area contributed by atoms with Crippen LogP contribution in [0.5, 0.6) is 0 Å². The van der Waals surface area contributed by atoms with E-state index >= 15 is 0 Å². The first kappa shape index (κ1) is 19.8.